The zero-order valence-corrected chi connectivity index (χ0v) is 25.7. The highest BCUT2D eigenvalue weighted by atomic mass is 35.5. The highest BCUT2D eigenvalue weighted by molar-refractivity contribution is 7.19. The van der Waals surface area contributed by atoms with Gasteiger partial charge in [-0.1, -0.05) is 13.8 Å². The van der Waals surface area contributed by atoms with Gasteiger partial charge < -0.3 is 10.2 Å². The SMILES string of the molecule is Cc1cc(C(F)(F)F)nc(-c2ccnc3cc(CN4C(=O)C5C(C4=O)C5(C)C)sc23)c1C(=O)N1CCNCC1C.Cl.Cl. The topological polar surface area (TPSA) is 95.5 Å². The van der Waals surface area contributed by atoms with E-state index >= 15 is 0 Å². The minimum atomic E-state index is -4.71. The predicted octanol–water partition coefficient (Wildman–Crippen LogP) is 5.10. The van der Waals surface area contributed by atoms with E-state index in [2.05, 4.69) is 15.3 Å². The number of carbonyl (C=O) groups excluding carboxylic acids is 3. The van der Waals surface area contributed by atoms with Gasteiger partial charge in [0.05, 0.1) is 39.9 Å². The summed E-state index contributed by atoms with van der Waals surface area (Å²) in [6, 6.07) is 4.07. The number of imide groups is 1. The van der Waals surface area contributed by atoms with Crippen LogP contribution in [0.2, 0.25) is 0 Å². The van der Waals surface area contributed by atoms with Gasteiger partial charge in [-0.05, 0) is 43.0 Å². The van der Waals surface area contributed by atoms with Crippen molar-refractivity contribution in [1.82, 2.24) is 25.1 Å². The number of hydrogen-bond acceptors (Lipinski definition) is 7. The van der Waals surface area contributed by atoms with Gasteiger partial charge in [-0.15, -0.1) is 36.2 Å². The molecule has 1 N–H and O–H groups in total. The molecule has 3 aromatic heterocycles. The number of piperidine rings is 1. The van der Waals surface area contributed by atoms with Crippen LogP contribution in [0, 0.1) is 24.2 Å². The van der Waals surface area contributed by atoms with Crippen LogP contribution in [-0.4, -0.2) is 63.2 Å². The smallest absolute Gasteiger partial charge is 0.333 e. The number of nitrogens with zero attached hydrogens (tertiary/aromatic N) is 4. The van der Waals surface area contributed by atoms with Crippen LogP contribution in [0.4, 0.5) is 13.2 Å². The highest BCUT2D eigenvalue weighted by Crippen LogP contribution is 2.63. The van der Waals surface area contributed by atoms with Gasteiger partial charge in [0.1, 0.15) is 5.69 Å². The van der Waals surface area contributed by atoms with E-state index in [1.165, 1.54) is 29.4 Å². The lowest BCUT2D eigenvalue weighted by Crippen LogP contribution is -2.52. The zero-order valence-electron chi connectivity index (χ0n) is 23.2. The van der Waals surface area contributed by atoms with Gasteiger partial charge in [0, 0.05) is 42.3 Å². The molecule has 1 saturated carbocycles. The number of thiophene rings is 1. The van der Waals surface area contributed by atoms with Crippen molar-refractivity contribution in [1.29, 1.82) is 0 Å². The third-order valence-electron chi connectivity index (χ3n) is 8.41. The van der Waals surface area contributed by atoms with E-state index in [0.29, 0.717) is 40.3 Å². The van der Waals surface area contributed by atoms with E-state index in [0.717, 1.165) is 6.07 Å². The number of pyridine rings is 2. The Morgan fingerprint density at radius 2 is 1.83 bits per heavy atom. The lowest BCUT2D eigenvalue weighted by atomic mass is 9.98. The van der Waals surface area contributed by atoms with Gasteiger partial charge in [-0.25, -0.2) is 4.98 Å². The van der Waals surface area contributed by atoms with Gasteiger partial charge in [-0.2, -0.15) is 13.2 Å². The number of hydrogen-bond donors (Lipinski definition) is 1. The second-order valence-corrected chi connectivity index (χ2v) is 12.6. The molecule has 5 heterocycles. The number of fused-ring (bicyclic) bond motifs is 2. The summed E-state index contributed by atoms with van der Waals surface area (Å²) in [4.78, 5) is 51.5. The molecule has 0 bridgehead atoms. The number of aryl methyl sites for hydroxylation is 1. The third-order valence-corrected chi connectivity index (χ3v) is 9.55. The second-order valence-electron chi connectivity index (χ2n) is 11.4. The summed E-state index contributed by atoms with van der Waals surface area (Å²) in [5.41, 5.74) is -0.307. The second kappa shape index (κ2) is 11.0. The Labute approximate surface area is 256 Å². The molecule has 3 aromatic rings. The summed E-state index contributed by atoms with van der Waals surface area (Å²) in [5.74, 6) is -1.38. The molecule has 8 nitrogen and oxygen atoms in total. The highest BCUT2D eigenvalue weighted by Gasteiger charge is 2.72. The number of alkyl halides is 3. The van der Waals surface area contributed by atoms with E-state index in [9.17, 15) is 27.6 Å². The molecular weight excluding hydrogens is 614 g/mol. The van der Waals surface area contributed by atoms with Crippen LogP contribution in [-0.2, 0) is 22.3 Å². The number of rotatable bonds is 4. The largest absolute Gasteiger partial charge is 0.433 e. The van der Waals surface area contributed by atoms with Crippen molar-refractivity contribution in [3.63, 3.8) is 0 Å². The van der Waals surface area contributed by atoms with Crippen molar-refractivity contribution < 1.29 is 27.6 Å². The van der Waals surface area contributed by atoms with Crippen molar-refractivity contribution in [3.8, 4) is 11.3 Å². The fourth-order valence-electron chi connectivity index (χ4n) is 6.14. The number of piperazine rings is 1. The molecule has 1 aliphatic carbocycles. The molecule has 3 fully saturated rings. The molecule has 3 unspecified atom stereocenters. The van der Waals surface area contributed by atoms with Crippen molar-refractivity contribution in [2.24, 2.45) is 17.3 Å². The normalized spacial score (nSPS) is 23.0. The van der Waals surface area contributed by atoms with E-state index in [1.807, 2.05) is 20.8 Å². The Morgan fingerprint density at radius 1 is 1.17 bits per heavy atom. The Bertz CT molecular complexity index is 1570. The van der Waals surface area contributed by atoms with Crippen LogP contribution in [0.15, 0.2) is 24.4 Å². The molecule has 3 atom stereocenters. The van der Waals surface area contributed by atoms with Gasteiger partial charge in [-0.3, -0.25) is 24.3 Å². The van der Waals surface area contributed by atoms with Crippen LogP contribution in [0.1, 0.15) is 47.3 Å². The molecule has 2 aliphatic heterocycles. The predicted molar refractivity (Wildman–Crippen MR) is 157 cm³/mol. The van der Waals surface area contributed by atoms with Crippen LogP contribution >= 0.6 is 36.2 Å². The Hall–Kier alpha value is -2.80. The molecular formula is C28H30Cl2F3N5O3S. The molecule has 3 amide bonds. The van der Waals surface area contributed by atoms with E-state index in [1.54, 1.807) is 17.0 Å². The maximum Gasteiger partial charge on any atom is 0.433 e. The quantitative estimate of drug-likeness (QED) is 0.397. The lowest BCUT2D eigenvalue weighted by molar-refractivity contribution is -0.144. The minimum absolute atomic E-state index is 0. The number of halogens is 5. The monoisotopic (exact) mass is 643 g/mol. The Balaban J connectivity index is 0.00000202. The van der Waals surface area contributed by atoms with Crippen LogP contribution < -0.4 is 5.32 Å². The third kappa shape index (κ3) is 5.06. The van der Waals surface area contributed by atoms with Crippen molar-refractivity contribution >= 4 is 64.1 Å². The number of nitrogens with one attached hydrogen (secondary N) is 1. The summed E-state index contributed by atoms with van der Waals surface area (Å²) in [5, 5.41) is 3.22. The molecule has 3 aliphatic rings. The van der Waals surface area contributed by atoms with Gasteiger partial charge in [0.15, 0.2) is 0 Å². The fourth-order valence-corrected chi connectivity index (χ4v) is 7.25. The van der Waals surface area contributed by atoms with E-state index in [-0.39, 0.29) is 89.2 Å². The van der Waals surface area contributed by atoms with Crippen LogP contribution in [0.3, 0.4) is 0 Å². The Morgan fingerprint density at radius 3 is 2.45 bits per heavy atom. The molecule has 226 valence electrons. The van der Waals surface area contributed by atoms with Gasteiger partial charge in [0.25, 0.3) is 5.91 Å². The first-order chi connectivity index (χ1) is 18.8. The number of carbonyl (C=O) groups is 3. The summed E-state index contributed by atoms with van der Waals surface area (Å²) >= 11 is 1.24. The average molecular weight is 645 g/mol. The minimum Gasteiger partial charge on any atom is -0.333 e. The van der Waals surface area contributed by atoms with Gasteiger partial charge >= 0.3 is 6.18 Å². The summed E-state index contributed by atoms with van der Waals surface area (Å²) < 4.78 is 42.2. The molecule has 42 heavy (non-hydrogen) atoms. The maximum atomic E-state index is 13.9. The van der Waals surface area contributed by atoms with E-state index in [4.69, 9.17) is 0 Å². The maximum absolute atomic E-state index is 13.9. The summed E-state index contributed by atoms with van der Waals surface area (Å²) in [6.07, 6.45) is -3.24. The fraction of sp³-hybridized carbons (Fsp3) is 0.464. The lowest BCUT2D eigenvalue weighted by Gasteiger charge is -2.34. The standard InChI is InChI=1S/C28H28F3N5O3S.2ClH/c1-13-9-18(28(29,30)31)34-22(19(13)24(37)35-8-7-32-11-14(35)2)16-5-6-33-17-10-15(40-23(16)17)12-36-25(38)20-21(26(36)39)27(20,3)4;;/h5-6,9-10,14,20-21,32H,7-8,11-12H2,1-4H3;2*1H. The first kappa shape index (κ1) is 32.1. The van der Waals surface area contributed by atoms with E-state index < -0.39 is 11.9 Å². The van der Waals surface area contributed by atoms with Crippen molar-refractivity contribution in [3.05, 3.63) is 46.1 Å². The number of likely N-dealkylation sites (tertiary alicyclic amines) is 1. The zero-order chi connectivity index (χ0) is 28.7. The number of amides is 3. The van der Waals surface area contributed by atoms with Gasteiger partial charge in [0.2, 0.25) is 11.8 Å². The van der Waals surface area contributed by atoms with Crippen LogP contribution in [0.5, 0.6) is 0 Å². The van der Waals surface area contributed by atoms with Crippen LogP contribution in [0.25, 0.3) is 21.5 Å². The molecule has 0 spiro atoms. The van der Waals surface area contributed by atoms with Crippen molar-refractivity contribution in [2.45, 2.75) is 46.5 Å². The molecule has 0 aromatic carbocycles. The molecule has 0 radical (unpaired) electrons. The Kier molecular flexibility index (Phi) is 8.44. The average Bonchev–Trinajstić information content (AvgIpc) is 3.13. The summed E-state index contributed by atoms with van der Waals surface area (Å²) in [7, 11) is 0. The molecule has 2 saturated heterocycles. The molecule has 6 rings (SSSR count). The van der Waals surface area contributed by atoms with Crippen molar-refractivity contribution in [2.75, 3.05) is 19.6 Å². The first-order valence-corrected chi connectivity index (χ1v) is 14.0. The molecule has 14 heteroatoms. The first-order valence-electron chi connectivity index (χ1n) is 13.1. The summed E-state index contributed by atoms with van der Waals surface area (Å²) in [6.45, 7) is 8.86. The number of aromatic nitrogens is 2.